The molecule has 1 aliphatic heterocycles. The van der Waals surface area contributed by atoms with Crippen molar-refractivity contribution in [2.45, 2.75) is 6.92 Å². The number of hydrogen-bond acceptors (Lipinski definition) is 4. The molecular formula is C18H15NO3. The Labute approximate surface area is 128 Å². The van der Waals surface area contributed by atoms with E-state index >= 15 is 0 Å². The van der Waals surface area contributed by atoms with Crippen LogP contribution in [0.15, 0.2) is 71.5 Å². The van der Waals surface area contributed by atoms with E-state index < -0.39 is 5.97 Å². The molecule has 22 heavy (non-hydrogen) atoms. The van der Waals surface area contributed by atoms with E-state index in [1.807, 2.05) is 60.7 Å². The summed E-state index contributed by atoms with van der Waals surface area (Å²) in [6.07, 6.45) is 0. The van der Waals surface area contributed by atoms with Crippen LogP contribution < -0.4 is 0 Å². The highest BCUT2D eigenvalue weighted by Crippen LogP contribution is 2.30. The van der Waals surface area contributed by atoms with E-state index in [1.165, 1.54) is 0 Å². The van der Waals surface area contributed by atoms with E-state index in [2.05, 4.69) is 4.99 Å². The van der Waals surface area contributed by atoms with Crippen LogP contribution in [0.1, 0.15) is 18.1 Å². The molecule has 1 heterocycles. The van der Waals surface area contributed by atoms with Gasteiger partial charge in [0.2, 0.25) is 5.88 Å². The predicted octanol–water partition coefficient (Wildman–Crippen LogP) is 3.40. The lowest BCUT2D eigenvalue weighted by Gasteiger charge is -2.09. The van der Waals surface area contributed by atoms with Crippen molar-refractivity contribution < 1.29 is 14.3 Å². The molecule has 0 spiro atoms. The molecule has 0 aliphatic carbocycles. The number of carbonyl (C=O) groups is 1. The second-order valence-corrected chi connectivity index (χ2v) is 4.65. The maximum absolute atomic E-state index is 11.8. The number of rotatable bonds is 3. The fourth-order valence-electron chi connectivity index (χ4n) is 2.25. The summed E-state index contributed by atoms with van der Waals surface area (Å²) in [5, 5.41) is 0. The lowest BCUT2D eigenvalue weighted by atomic mass is 9.98. The molecule has 1 aliphatic rings. The van der Waals surface area contributed by atoms with Crippen molar-refractivity contribution in [2.75, 3.05) is 6.61 Å². The second-order valence-electron chi connectivity index (χ2n) is 4.65. The van der Waals surface area contributed by atoms with Crippen LogP contribution in [-0.2, 0) is 14.3 Å². The van der Waals surface area contributed by atoms with Crippen molar-refractivity contribution in [1.82, 2.24) is 0 Å². The summed E-state index contributed by atoms with van der Waals surface area (Å²) >= 11 is 0. The van der Waals surface area contributed by atoms with Crippen LogP contribution in [0.2, 0.25) is 0 Å². The number of nitrogens with zero attached hydrogens (tertiary/aromatic N) is 1. The van der Waals surface area contributed by atoms with Crippen LogP contribution in [0.5, 0.6) is 0 Å². The lowest BCUT2D eigenvalue weighted by Crippen LogP contribution is -2.13. The van der Waals surface area contributed by atoms with Gasteiger partial charge < -0.3 is 9.47 Å². The number of ether oxygens (including phenoxy) is 2. The van der Waals surface area contributed by atoms with Crippen LogP contribution in [0.25, 0.3) is 5.57 Å². The number of benzene rings is 2. The van der Waals surface area contributed by atoms with Crippen molar-refractivity contribution in [1.29, 1.82) is 0 Å². The molecule has 0 radical (unpaired) electrons. The topological polar surface area (TPSA) is 47.9 Å². The molecule has 2 aromatic rings. The molecule has 0 atom stereocenters. The van der Waals surface area contributed by atoms with Crippen molar-refractivity contribution in [3.05, 3.63) is 77.7 Å². The fraction of sp³-hybridized carbons (Fsp3) is 0.111. The lowest BCUT2D eigenvalue weighted by molar-refractivity contribution is -0.131. The van der Waals surface area contributed by atoms with Gasteiger partial charge in [0.1, 0.15) is 0 Å². The molecule has 0 aromatic heterocycles. The largest absolute Gasteiger partial charge is 0.473 e. The van der Waals surface area contributed by atoms with Gasteiger partial charge in [-0.3, -0.25) is 0 Å². The maximum atomic E-state index is 11.8. The predicted molar refractivity (Wildman–Crippen MR) is 84.1 cm³/mol. The fourth-order valence-corrected chi connectivity index (χ4v) is 2.25. The maximum Gasteiger partial charge on any atom is 0.401 e. The van der Waals surface area contributed by atoms with E-state index in [0.717, 1.165) is 16.7 Å². The van der Waals surface area contributed by atoms with Gasteiger partial charge in [0.25, 0.3) is 0 Å². The molecule has 0 saturated carbocycles. The molecule has 2 aromatic carbocycles. The van der Waals surface area contributed by atoms with E-state index in [4.69, 9.17) is 9.47 Å². The second kappa shape index (κ2) is 6.26. The Balaban J connectivity index is 2.15. The van der Waals surface area contributed by atoms with E-state index in [9.17, 15) is 4.79 Å². The Hall–Kier alpha value is -2.88. The zero-order valence-corrected chi connectivity index (χ0v) is 12.2. The monoisotopic (exact) mass is 293 g/mol. The first kappa shape index (κ1) is 14.1. The van der Waals surface area contributed by atoms with Crippen LogP contribution in [-0.4, -0.2) is 18.5 Å². The van der Waals surface area contributed by atoms with Gasteiger partial charge in [-0.05, 0) is 18.1 Å². The Morgan fingerprint density at radius 2 is 1.55 bits per heavy atom. The average molecular weight is 293 g/mol. The van der Waals surface area contributed by atoms with Gasteiger partial charge in [-0.1, -0.05) is 60.7 Å². The molecule has 0 bridgehead atoms. The Bertz CT molecular complexity index is 692. The highest BCUT2D eigenvalue weighted by Gasteiger charge is 2.28. The van der Waals surface area contributed by atoms with Gasteiger partial charge in [-0.15, -0.1) is 0 Å². The quantitative estimate of drug-likeness (QED) is 0.815. The summed E-state index contributed by atoms with van der Waals surface area (Å²) in [6.45, 7) is 2.17. The van der Waals surface area contributed by atoms with Crippen molar-refractivity contribution in [2.24, 2.45) is 4.99 Å². The van der Waals surface area contributed by atoms with Gasteiger partial charge >= 0.3 is 11.9 Å². The van der Waals surface area contributed by atoms with Crippen LogP contribution in [0.4, 0.5) is 0 Å². The van der Waals surface area contributed by atoms with Crippen molar-refractivity contribution in [3.8, 4) is 0 Å². The Morgan fingerprint density at radius 3 is 2.05 bits per heavy atom. The Morgan fingerprint density at radius 1 is 1.00 bits per heavy atom. The molecule has 4 nitrogen and oxygen atoms in total. The summed E-state index contributed by atoms with van der Waals surface area (Å²) in [4.78, 5) is 16.0. The van der Waals surface area contributed by atoms with E-state index in [0.29, 0.717) is 6.61 Å². The van der Waals surface area contributed by atoms with E-state index in [1.54, 1.807) is 6.92 Å². The third-order valence-corrected chi connectivity index (χ3v) is 3.19. The number of carbonyl (C=O) groups excluding carboxylic acids is 1. The SMILES string of the molecule is CCOC1=NC(=C(c2ccccc2)c2ccccc2)OC1=O. The van der Waals surface area contributed by atoms with Gasteiger partial charge in [-0.2, -0.15) is 4.99 Å². The van der Waals surface area contributed by atoms with Crippen molar-refractivity contribution >= 4 is 17.4 Å². The number of aliphatic imine (C=N–C) groups is 1. The number of hydrogen-bond donors (Lipinski definition) is 0. The third-order valence-electron chi connectivity index (χ3n) is 3.19. The molecule has 110 valence electrons. The standard InChI is InChI=1S/C18H15NO3/c1-2-21-17-18(20)22-16(19-17)15(13-9-5-3-6-10-13)14-11-7-4-8-12-14/h3-12H,2H2,1H3. The molecule has 0 saturated heterocycles. The highest BCUT2D eigenvalue weighted by atomic mass is 16.6. The van der Waals surface area contributed by atoms with E-state index in [-0.39, 0.29) is 11.8 Å². The Kier molecular flexibility index (Phi) is 4.01. The number of cyclic esters (lactones) is 1. The number of esters is 1. The molecular weight excluding hydrogens is 278 g/mol. The van der Waals surface area contributed by atoms with Gasteiger partial charge in [0.05, 0.1) is 12.2 Å². The molecule has 3 rings (SSSR count). The van der Waals surface area contributed by atoms with Crippen LogP contribution in [0.3, 0.4) is 0 Å². The minimum Gasteiger partial charge on any atom is -0.473 e. The zero-order valence-electron chi connectivity index (χ0n) is 12.2. The summed E-state index contributed by atoms with van der Waals surface area (Å²) in [6, 6.07) is 19.4. The van der Waals surface area contributed by atoms with Gasteiger partial charge in [0, 0.05) is 0 Å². The minimum atomic E-state index is -0.554. The normalized spacial score (nSPS) is 13.6. The summed E-state index contributed by atoms with van der Waals surface area (Å²) < 4.78 is 10.5. The average Bonchev–Trinajstić information content (AvgIpc) is 2.91. The third kappa shape index (κ3) is 2.76. The van der Waals surface area contributed by atoms with Gasteiger partial charge in [-0.25, -0.2) is 4.79 Å². The minimum absolute atomic E-state index is 0.00172. The first-order valence-electron chi connectivity index (χ1n) is 7.08. The first-order chi connectivity index (χ1) is 10.8. The van der Waals surface area contributed by atoms with Gasteiger partial charge in [0.15, 0.2) is 0 Å². The molecule has 0 amide bonds. The summed E-state index contributed by atoms with van der Waals surface area (Å²) in [5.74, 6) is -0.283. The van der Waals surface area contributed by atoms with Crippen molar-refractivity contribution in [3.63, 3.8) is 0 Å². The summed E-state index contributed by atoms with van der Waals surface area (Å²) in [7, 11) is 0. The molecule has 0 unspecified atom stereocenters. The highest BCUT2D eigenvalue weighted by molar-refractivity contribution is 6.34. The molecule has 0 N–H and O–H groups in total. The molecule has 4 heteroatoms. The van der Waals surface area contributed by atoms with Crippen LogP contribution >= 0.6 is 0 Å². The van der Waals surface area contributed by atoms with Crippen LogP contribution in [0, 0.1) is 0 Å². The zero-order chi connectivity index (χ0) is 15.4. The summed E-state index contributed by atoms with van der Waals surface area (Å²) in [5.41, 5.74) is 2.63. The molecule has 0 fully saturated rings. The first-order valence-corrected chi connectivity index (χ1v) is 7.08. The smallest absolute Gasteiger partial charge is 0.401 e.